The van der Waals surface area contributed by atoms with Gasteiger partial charge in [0.1, 0.15) is 12.3 Å². The zero-order valence-electron chi connectivity index (χ0n) is 18.3. The number of aromatic nitrogens is 2. The molecule has 1 fully saturated rings. The Morgan fingerprint density at radius 1 is 1.17 bits per heavy atom. The van der Waals surface area contributed by atoms with Crippen LogP contribution in [0.5, 0.6) is 0 Å². The smallest absolute Gasteiger partial charge is 0.390 e. The van der Waals surface area contributed by atoms with Crippen molar-refractivity contribution in [2.24, 2.45) is 0 Å². The summed E-state index contributed by atoms with van der Waals surface area (Å²) in [4.78, 5) is 73.0. The van der Waals surface area contributed by atoms with Crippen LogP contribution in [0.3, 0.4) is 0 Å². The van der Waals surface area contributed by atoms with Crippen molar-refractivity contribution in [3.05, 3.63) is 33.1 Å². The fourth-order valence-corrected chi connectivity index (χ4v) is 7.24. The van der Waals surface area contributed by atoms with E-state index < -0.39 is 65.7 Å². The first kappa shape index (κ1) is 31.6. The van der Waals surface area contributed by atoms with Crippen molar-refractivity contribution >= 4 is 51.0 Å². The van der Waals surface area contributed by atoms with E-state index in [1.54, 1.807) is 0 Å². The quantitative estimate of drug-likeness (QED) is 0.114. The average Bonchev–Trinajstić information content (AvgIpc) is 3.07. The molecule has 2 heterocycles. The normalized spacial score (nSPS) is 23.8. The number of ether oxygens (including phenoxy) is 1. The Bertz CT molecular complexity index is 1200. The largest absolute Gasteiger partial charge is 0.490 e. The molecule has 0 aromatic carbocycles. The van der Waals surface area contributed by atoms with E-state index in [0.29, 0.717) is 16.7 Å². The molecule has 1 aromatic rings. The Morgan fingerprint density at radius 2 is 1.83 bits per heavy atom. The summed E-state index contributed by atoms with van der Waals surface area (Å²) in [7, 11) is -13.7. The van der Waals surface area contributed by atoms with Crippen LogP contribution in [0, 0.1) is 0 Å². The van der Waals surface area contributed by atoms with Gasteiger partial charge in [0.25, 0.3) is 5.56 Å². The molecule has 0 bridgehead atoms. The maximum atomic E-state index is 12.8. The molecule has 22 heteroatoms. The number of rotatable bonds is 13. The third kappa shape index (κ3) is 9.60. The van der Waals surface area contributed by atoms with Crippen LogP contribution in [0.25, 0.3) is 0 Å². The first-order valence-corrected chi connectivity index (χ1v) is 16.9. The lowest BCUT2D eigenvalue weighted by Gasteiger charge is -2.19. The molecule has 1 aliphatic heterocycles. The van der Waals surface area contributed by atoms with E-state index in [2.05, 4.69) is 13.1 Å². The van der Waals surface area contributed by atoms with E-state index >= 15 is 0 Å². The van der Waals surface area contributed by atoms with Crippen LogP contribution in [-0.4, -0.2) is 70.5 Å². The van der Waals surface area contributed by atoms with Gasteiger partial charge in [-0.15, -0.1) is 0 Å². The summed E-state index contributed by atoms with van der Waals surface area (Å²) in [5.41, 5.74) is -1.89. The van der Waals surface area contributed by atoms with Crippen molar-refractivity contribution in [2.75, 3.05) is 18.6 Å². The molecule has 0 radical (unpaired) electrons. The van der Waals surface area contributed by atoms with Gasteiger partial charge in [-0.2, -0.15) is 13.2 Å². The van der Waals surface area contributed by atoms with Crippen molar-refractivity contribution in [2.45, 2.75) is 37.7 Å². The standard InChI is InChI=1S/C14H23N2O15P3S2/c1-35-36-6-2-3-11(18)16-12(19)4-5-15(14(16)20)13-7-9(17)10(29-13)8-28-33(24,25)31-34(26,27)30-32(21,22)23/h4-5,9-10,13,17H,2-3,6-8H2,1H3,(H,24,25)(H,26,27)(H2,21,22,23)/t9-,10-,13-/m1/s1. The summed E-state index contributed by atoms with van der Waals surface area (Å²) >= 11 is 0. The predicted octanol–water partition coefficient (Wildman–Crippen LogP) is 0.433. The second-order valence-electron chi connectivity index (χ2n) is 6.98. The summed E-state index contributed by atoms with van der Waals surface area (Å²) in [6.45, 7) is -0.943. The summed E-state index contributed by atoms with van der Waals surface area (Å²) in [5.74, 6) is -0.110. The number of aliphatic hydroxyl groups is 1. The number of aliphatic hydroxyl groups excluding tert-OH is 1. The molecule has 36 heavy (non-hydrogen) atoms. The highest BCUT2D eigenvalue weighted by atomic mass is 33.1. The Balaban J connectivity index is 2.08. The number of nitrogens with zero attached hydrogens (tertiary/aromatic N) is 2. The second kappa shape index (κ2) is 13.0. The van der Waals surface area contributed by atoms with Crippen LogP contribution in [0.4, 0.5) is 0 Å². The van der Waals surface area contributed by atoms with Crippen molar-refractivity contribution in [3.8, 4) is 0 Å². The van der Waals surface area contributed by atoms with Crippen molar-refractivity contribution in [1.82, 2.24) is 9.13 Å². The molecule has 5 N–H and O–H groups in total. The topological polar surface area (TPSA) is 250 Å². The Kier molecular flexibility index (Phi) is 11.4. The lowest BCUT2D eigenvalue weighted by atomic mass is 10.2. The minimum Gasteiger partial charge on any atom is -0.390 e. The summed E-state index contributed by atoms with van der Waals surface area (Å²) in [6.07, 6.45) is -1.05. The number of carbonyl (C=O) groups is 1. The molecule has 5 atom stereocenters. The Labute approximate surface area is 210 Å². The van der Waals surface area contributed by atoms with Crippen LogP contribution in [0.2, 0.25) is 0 Å². The maximum absolute atomic E-state index is 12.8. The van der Waals surface area contributed by atoms with E-state index in [1.165, 1.54) is 21.6 Å². The third-order valence-electron chi connectivity index (χ3n) is 4.33. The van der Waals surface area contributed by atoms with Gasteiger partial charge < -0.3 is 29.4 Å². The van der Waals surface area contributed by atoms with Crippen LogP contribution >= 0.6 is 45.1 Å². The SMILES string of the molecule is CSSCCCC(=O)n1c(=O)ccn([C@H]2C[C@@H](O)[C@@H](COP(=O)(O)OP(=O)(O)OP(=O)(O)O)O2)c1=O. The van der Waals surface area contributed by atoms with Gasteiger partial charge in [-0.1, -0.05) is 21.6 Å². The molecule has 0 aliphatic carbocycles. The highest BCUT2D eigenvalue weighted by Gasteiger charge is 2.43. The Morgan fingerprint density at radius 3 is 2.44 bits per heavy atom. The zero-order valence-corrected chi connectivity index (χ0v) is 22.6. The van der Waals surface area contributed by atoms with Crippen molar-refractivity contribution in [1.29, 1.82) is 0 Å². The summed E-state index contributed by atoms with van der Waals surface area (Å²) in [5, 5.41) is 10.2. The van der Waals surface area contributed by atoms with Gasteiger partial charge in [0.15, 0.2) is 0 Å². The summed E-state index contributed by atoms with van der Waals surface area (Å²) in [6, 6.07) is 0.949. The highest BCUT2D eigenvalue weighted by Crippen LogP contribution is 2.66. The van der Waals surface area contributed by atoms with Gasteiger partial charge in [0.05, 0.1) is 12.7 Å². The van der Waals surface area contributed by atoms with E-state index in [0.717, 1.165) is 16.8 Å². The highest BCUT2D eigenvalue weighted by molar-refractivity contribution is 8.76. The molecule has 2 rings (SSSR count). The maximum Gasteiger partial charge on any atom is 0.490 e. The Hall–Kier alpha value is -0.620. The lowest BCUT2D eigenvalue weighted by molar-refractivity contribution is -0.0453. The van der Waals surface area contributed by atoms with Gasteiger partial charge in [-0.05, 0) is 12.7 Å². The average molecular weight is 616 g/mol. The van der Waals surface area contributed by atoms with Crippen molar-refractivity contribution in [3.63, 3.8) is 0 Å². The monoisotopic (exact) mass is 616 g/mol. The van der Waals surface area contributed by atoms with Gasteiger partial charge in [-0.25, -0.2) is 18.5 Å². The third-order valence-corrected chi connectivity index (χ3v) is 10.0. The van der Waals surface area contributed by atoms with Crippen molar-refractivity contribution < 1.29 is 61.1 Å². The molecule has 1 aromatic heterocycles. The summed E-state index contributed by atoms with van der Waals surface area (Å²) < 4.78 is 52.2. The number of phosphoric acid groups is 3. The number of hydrogen-bond donors (Lipinski definition) is 5. The minimum atomic E-state index is -5.73. The molecular weight excluding hydrogens is 593 g/mol. The van der Waals surface area contributed by atoms with Crippen LogP contribution < -0.4 is 11.2 Å². The molecule has 1 aliphatic rings. The predicted molar refractivity (Wildman–Crippen MR) is 125 cm³/mol. The molecule has 0 amide bonds. The molecule has 0 spiro atoms. The first-order valence-electron chi connectivity index (χ1n) is 9.70. The number of hydrogen-bond acceptors (Lipinski definition) is 13. The lowest BCUT2D eigenvalue weighted by Crippen LogP contribution is -2.44. The van der Waals surface area contributed by atoms with Crippen LogP contribution in [-0.2, 0) is 31.6 Å². The van der Waals surface area contributed by atoms with E-state index in [4.69, 9.17) is 19.4 Å². The minimum absolute atomic E-state index is 0.0659. The van der Waals surface area contributed by atoms with E-state index in [9.17, 15) is 38.1 Å². The van der Waals surface area contributed by atoms with Gasteiger partial charge >= 0.3 is 29.2 Å². The van der Waals surface area contributed by atoms with E-state index in [1.807, 2.05) is 6.26 Å². The number of carbonyl (C=O) groups excluding carboxylic acids is 1. The molecule has 206 valence electrons. The fraction of sp³-hybridized carbons (Fsp3) is 0.643. The molecule has 0 saturated carbocycles. The molecular formula is C14H23N2O15P3S2. The van der Waals surface area contributed by atoms with Gasteiger partial charge in [-0.3, -0.25) is 18.7 Å². The number of phosphoric ester groups is 1. The van der Waals surface area contributed by atoms with Gasteiger partial charge in [0.2, 0.25) is 5.91 Å². The van der Waals surface area contributed by atoms with Crippen LogP contribution in [0.15, 0.2) is 21.9 Å². The van der Waals surface area contributed by atoms with Gasteiger partial charge in [0, 0.05) is 30.9 Å². The molecule has 1 saturated heterocycles. The molecule has 2 unspecified atom stereocenters. The first-order chi connectivity index (χ1) is 16.6. The van der Waals surface area contributed by atoms with Crippen LogP contribution in [0.1, 0.15) is 30.3 Å². The van der Waals surface area contributed by atoms with E-state index in [-0.39, 0.29) is 12.8 Å². The fourth-order valence-electron chi connectivity index (χ4n) is 2.93. The second-order valence-corrected chi connectivity index (χ2v) is 14.1. The molecule has 17 nitrogen and oxygen atoms in total. The zero-order chi connectivity index (χ0) is 27.3.